The van der Waals surface area contributed by atoms with Gasteiger partial charge in [0.1, 0.15) is 15.7 Å². The van der Waals surface area contributed by atoms with E-state index in [0.29, 0.717) is 4.88 Å². The second kappa shape index (κ2) is 7.21. The largest absolute Gasteiger partial charge is 0.349 e. The lowest BCUT2D eigenvalue weighted by Crippen LogP contribution is -2.34. The molecule has 23 heavy (non-hydrogen) atoms. The first-order valence-corrected chi connectivity index (χ1v) is 8.99. The Hall–Kier alpha value is -1.75. The van der Waals surface area contributed by atoms with Gasteiger partial charge in [0, 0.05) is 11.6 Å². The number of benzene rings is 1. The first-order chi connectivity index (χ1) is 11.1. The Kier molecular flexibility index (Phi) is 5.06. The molecule has 0 aliphatic heterocycles. The summed E-state index contributed by atoms with van der Waals surface area (Å²) < 4.78 is 13.0. The standard InChI is InChI=1S/C18H21FN2OS/c1-12-16(17(22)21-15-6-4-2-3-5-7-15)23-18(20-12)13-8-10-14(19)11-9-13/h8-11,15H,2-7H2,1H3,(H,21,22). The zero-order chi connectivity index (χ0) is 16.2. The van der Waals surface area contributed by atoms with Crippen LogP contribution in [0, 0.1) is 12.7 Å². The van der Waals surface area contributed by atoms with Gasteiger partial charge in [0.15, 0.2) is 0 Å². The molecular formula is C18H21FN2OS. The van der Waals surface area contributed by atoms with E-state index in [9.17, 15) is 9.18 Å². The highest BCUT2D eigenvalue weighted by atomic mass is 32.1. The highest BCUT2D eigenvalue weighted by molar-refractivity contribution is 7.17. The molecule has 0 spiro atoms. The molecule has 122 valence electrons. The van der Waals surface area contributed by atoms with Gasteiger partial charge in [-0.3, -0.25) is 4.79 Å². The van der Waals surface area contributed by atoms with Crippen molar-refractivity contribution >= 4 is 17.2 Å². The van der Waals surface area contributed by atoms with Gasteiger partial charge in [-0.05, 0) is 44.0 Å². The van der Waals surface area contributed by atoms with Crippen molar-refractivity contribution in [2.45, 2.75) is 51.5 Å². The first kappa shape index (κ1) is 16.1. The van der Waals surface area contributed by atoms with Crippen LogP contribution < -0.4 is 5.32 Å². The number of nitrogens with one attached hydrogen (secondary N) is 1. The Morgan fingerprint density at radius 3 is 2.48 bits per heavy atom. The number of carbonyl (C=O) groups excluding carboxylic acids is 1. The number of halogens is 1. The third-order valence-corrected chi connectivity index (χ3v) is 5.49. The van der Waals surface area contributed by atoms with Crippen molar-refractivity contribution < 1.29 is 9.18 Å². The SMILES string of the molecule is Cc1nc(-c2ccc(F)cc2)sc1C(=O)NC1CCCCCC1. The summed E-state index contributed by atoms with van der Waals surface area (Å²) in [5, 5.41) is 3.92. The Bertz CT molecular complexity index is 673. The molecule has 5 heteroatoms. The molecule has 1 N–H and O–H groups in total. The number of rotatable bonds is 3. The molecule has 1 aliphatic rings. The van der Waals surface area contributed by atoms with Crippen LogP contribution in [0.15, 0.2) is 24.3 Å². The molecule has 1 saturated carbocycles. The van der Waals surface area contributed by atoms with Gasteiger partial charge in [-0.1, -0.05) is 25.7 Å². The van der Waals surface area contributed by atoms with Gasteiger partial charge >= 0.3 is 0 Å². The van der Waals surface area contributed by atoms with Gasteiger partial charge in [0.05, 0.1) is 5.69 Å². The average Bonchev–Trinajstić information content (AvgIpc) is 2.75. The molecule has 0 bridgehead atoms. The van der Waals surface area contributed by atoms with Crippen LogP contribution in [0.3, 0.4) is 0 Å². The first-order valence-electron chi connectivity index (χ1n) is 8.18. The monoisotopic (exact) mass is 332 g/mol. The number of aromatic nitrogens is 1. The van der Waals surface area contributed by atoms with Gasteiger partial charge in [0.2, 0.25) is 0 Å². The minimum absolute atomic E-state index is 0.0275. The fraction of sp³-hybridized carbons (Fsp3) is 0.444. The Balaban J connectivity index is 1.74. The van der Waals surface area contributed by atoms with Crippen molar-refractivity contribution in [1.29, 1.82) is 0 Å². The van der Waals surface area contributed by atoms with E-state index in [4.69, 9.17) is 0 Å². The summed E-state index contributed by atoms with van der Waals surface area (Å²) in [6, 6.07) is 6.50. The smallest absolute Gasteiger partial charge is 0.263 e. The number of hydrogen-bond donors (Lipinski definition) is 1. The predicted molar refractivity (Wildman–Crippen MR) is 91.2 cm³/mol. The van der Waals surface area contributed by atoms with Crippen LogP contribution in [-0.2, 0) is 0 Å². The highest BCUT2D eigenvalue weighted by Crippen LogP contribution is 2.28. The van der Waals surface area contributed by atoms with Crippen LogP contribution in [0.1, 0.15) is 53.9 Å². The number of nitrogens with zero attached hydrogens (tertiary/aromatic N) is 1. The van der Waals surface area contributed by atoms with E-state index in [1.807, 2.05) is 6.92 Å². The van der Waals surface area contributed by atoms with Gasteiger partial charge in [-0.2, -0.15) is 0 Å². The van der Waals surface area contributed by atoms with Crippen LogP contribution in [0.2, 0.25) is 0 Å². The lowest BCUT2D eigenvalue weighted by molar-refractivity contribution is 0.0936. The Labute approximate surface area is 140 Å². The van der Waals surface area contributed by atoms with E-state index in [1.165, 1.54) is 49.2 Å². The molecule has 2 aromatic rings. The zero-order valence-electron chi connectivity index (χ0n) is 13.3. The van der Waals surface area contributed by atoms with E-state index in [0.717, 1.165) is 29.1 Å². The maximum atomic E-state index is 13.0. The van der Waals surface area contributed by atoms with E-state index in [1.54, 1.807) is 12.1 Å². The quantitative estimate of drug-likeness (QED) is 0.827. The van der Waals surface area contributed by atoms with Gasteiger partial charge in [-0.25, -0.2) is 9.37 Å². The number of amides is 1. The zero-order valence-corrected chi connectivity index (χ0v) is 14.1. The van der Waals surface area contributed by atoms with Crippen molar-refractivity contribution in [3.8, 4) is 10.6 Å². The summed E-state index contributed by atoms with van der Waals surface area (Å²) in [5.41, 5.74) is 1.58. The lowest BCUT2D eigenvalue weighted by Gasteiger charge is -2.15. The Morgan fingerprint density at radius 2 is 1.83 bits per heavy atom. The normalized spacial score (nSPS) is 16.1. The van der Waals surface area contributed by atoms with Crippen molar-refractivity contribution in [2.24, 2.45) is 0 Å². The third kappa shape index (κ3) is 3.96. The molecule has 1 amide bonds. The summed E-state index contributed by atoms with van der Waals surface area (Å²) in [6.07, 6.45) is 7.03. The number of aryl methyl sites for hydroxylation is 1. The van der Waals surface area contributed by atoms with Crippen molar-refractivity contribution in [2.75, 3.05) is 0 Å². The molecule has 1 heterocycles. The van der Waals surface area contributed by atoms with Crippen LogP contribution in [0.5, 0.6) is 0 Å². The molecule has 1 fully saturated rings. The fourth-order valence-corrected chi connectivity index (χ4v) is 3.97. The van der Waals surface area contributed by atoms with Crippen LogP contribution in [-0.4, -0.2) is 16.9 Å². The topological polar surface area (TPSA) is 42.0 Å². The average molecular weight is 332 g/mol. The molecular weight excluding hydrogens is 311 g/mol. The second-order valence-electron chi connectivity index (χ2n) is 6.10. The van der Waals surface area contributed by atoms with Crippen LogP contribution >= 0.6 is 11.3 Å². The predicted octanol–water partition coefficient (Wildman–Crippen LogP) is 4.71. The number of thiazole rings is 1. The highest BCUT2D eigenvalue weighted by Gasteiger charge is 2.20. The molecule has 0 saturated heterocycles. The summed E-state index contributed by atoms with van der Waals surface area (Å²) in [7, 11) is 0. The maximum absolute atomic E-state index is 13.0. The van der Waals surface area contributed by atoms with Crippen molar-refractivity contribution in [3.63, 3.8) is 0 Å². The number of carbonyl (C=O) groups is 1. The molecule has 0 atom stereocenters. The van der Waals surface area contributed by atoms with Crippen LogP contribution in [0.4, 0.5) is 4.39 Å². The van der Waals surface area contributed by atoms with Gasteiger partial charge in [-0.15, -0.1) is 11.3 Å². The Morgan fingerprint density at radius 1 is 1.17 bits per heavy atom. The molecule has 3 rings (SSSR count). The molecule has 1 aliphatic carbocycles. The van der Waals surface area contributed by atoms with Crippen LogP contribution in [0.25, 0.3) is 10.6 Å². The minimum Gasteiger partial charge on any atom is -0.349 e. The maximum Gasteiger partial charge on any atom is 0.263 e. The second-order valence-corrected chi connectivity index (χ2v) is 7.10. The lowest BCUT2D eigenvalue weighted by atomic mass is 10.1. The van der Waals surface area contributed by atoms with E-state index >= 15 is 0 Å². The number of hydrogen-bond acceptors (Lipinski definition) is 3. The van der Waals surface area contributed by atoms with E-state index < -0.39 is 0 Å². The molecule has 1 aromatic heterocycles. The van der Waals surface area contributed by atoms with Gasteiger partial charge < -0.3 is 5.32 Å². The minimum atomic E-state index is -0.270. The van der Waals surface area contributed by atoms with E-state index in [2.05, 4.69) is 10.3 Å². The summed E-state index contributed by atoms with van der Waals surface area (Å²) in [6.45, 7) is 1.85. The third-order valence-electron chi connectivity index (χ3n) is 4.28. The van der Waals surface area contributed by atoms with Crippen molar-refractivity contribution in [3.05, 3.63) is 40.7 Å². The summed E-state index contributed by atoms with van der Waals surface area (Å²) in [4.78, 5) is 17.7. The van der Waals surface area contributed by atoms with E-state index in [-0.39, 0.29) is 17.8 Å². The molecule has 3 nitrogen and oxygen atoms in total. The van der Waals surface area contributed by atoms with Gasteiger partial charge in [0.25, 0.3) is 5.91 Å². The molecule has 0 radical (unpaired) electrons. The molecule has 1 aromatic carbocycles. The molecule has 0 unspecified atom stereocenters. The summed E-state index contributed by atoms with van der Waals surface area (Å²) in [5.74, 6) is -0.298. The van der Waals surface area contributed by atoms with Crippen molar-refractivity contribution in [1.82, 2.24) is 10.3 Å². The summed E-state index contributed by atoms with van der Waals surface area (Å²) >= 11 is 1.37. The fourth-order valence-electron chi connectivity index (χ4n) is 3.00.